The van der Waals surface area contributed by atoms with Gasteiger partial charge in [0.15, 0.2) is 0 Å². The smallest absolute Gasteiger partial charge is 0.303 e. The van der Waals surface area contributed by atoms with E-state index in [0.29, 0.717) is 5.69 Å². The van der Waals surface area contributed by atoms with Gasteiger partial charge in [0.2, 0.25) is 11.8 Å². The lowest BCUT2D eigenvalue weighted by molar-refractivity contribution is -0.138. The van der Waals surface area contributed by atoms with Gasteiger partial charge in [0, 0.05) is 22.7 Å². The first kappa shape index (κ1) is 18.5. The summed E-state index contributed by atoms with van der Waals surface area (Å²) in [5, 5.41) is 14.0. The quantitative estimate of drug-likeness (QED) is 0.630. The highest BCUT2D eigenvalue weighted by Gasteiger charge is 2.07. The molecule has 0 saturated carbocycles. The summed E-state index contributed by atoms with van der Waals surface area (Å²) in [5.74, 6) is -1.24. The zero-order chi connectivity index (χ0) is 18.1. The van der Waals surface area contributed by atoms with Crippen LogP contribution in [-0.2, 0) is 14.4 Å². The van der Waals surface area contributed by atoms with E-state index in [1.165, 1.54) is 11.8 Å². The Bertz CT molecular complexity index is 750. The number of nitrogens with one attached hydrogen (secondary N) is 2. The van der Waals surface area contributed by atoms with Crippen LogP contribution >= 0.6 is 11.8 Å². The van der Waals surface area contributed by atoms with Gasteiger partial charge in [0.25, 0.3) is 0 Å². The summed E-state index contributed by atoms with van der Waals surface area (Å²) in [7, 11) is 0. The monoisotopic (exact) mass is 358 g/mol. The third-order valence-electron chi connectivity index (χ3n) is 3.11. The van der Waals surface area contributed by atoms with Crippen molar-refractivity contribution in [2.24, 2.45) is 0 Å². The molecular formula is C18H18N2O4S. The maximum atomic E-state index is 11.9. The maximum Gasteiger partial charge on any atom is 0.303 e. The van der Waals surface area contributed by atoms with Gasteiger partial charge in [-0.3, -0.25) is 14.4 Å². The largest absolute Gasteiger partial charge is 0.481 e. The van der Waals surface area contributed by atoms with E-state index in [1.807, 2.05) is 36.4 Å². The van der Waals surface area contributed by atoms with Gasteiger partial charge in [-0.25, -0.2) is 0 Å². The molecule has 0 saturated heterocycles. The SMILES string of the molecule is O=C(O)CCC(=O)Nc1cccc(SCC(=O)Nc2ccccc2)c1. The van der Waals surface area contributed by atoms with Crippen molar-refractivity contribution < 1.29 is 19.5 Å². The zero-order valence-electron chi connectivity index (χ0n) is 13.4. The molecule has 0 aliphatic rings. The van der Waals surface area contributed by atoms with Crippen LogP contribution in [0.4, 0.5) is 11.4 Å². The molecule has 2 amide bonds. The lowest BCUT2D eigenvalue weighted by Gasteiger charge is -2.08. The molecule has 0 aromatic heterocycles. The molecule has 0 aliphatic carbocycles. The molecule has 2 rings (SSSR count). The average Bonchev–Trinajstić information content (AvgIpc) is 2.59. The average molecular weight is 358 g/mol. The minimum absolute atomic E-state index is 0.0772. The summed E-state index contributed by atoms with van der Waals surface area (Å²) >= 11 is 1.35. The van der Waals surface area contributed by atoms with Crippen molar-refractivity contribution in [3.63, 3.8) is 0 Å². The predicted octanol–water partition coefficient (Wildman–Crippen LogP) is 3.22. The Morgan fingerprint density at radius 2 is 1.52 bits per heavy atom. The van der Waals surface area contributed by atoms with Crippen molar-refractivity contribution in [1.82, 2.24) is 0 Å². The minimum Gasteiger partial charge on any atom is -0.481 e. The van der Waals surface area contributed by atoms with Gasteiger partial charge >= 0.3 is 5.97 Å². The van der Waals surface area contributed by atoms with Crippen LogP contribution in [0, 0.1) is 0 Å². The van der Waals surface area contributed by atoms with Gasteiger partial charge in [-0.15, -0.1) is 11.8 Å². The highest BCUT2D eigenvalue weighted by atomic mass is 32.2. The summed E-state index contributed by atoms with van der Waals surface area (Å²) in [6, 6.07) is 16.3. The Kier molecular flexibility index (Phi) is 7.03. The molecule has 0 spiro atoms. The summed E-state index contributed by atoms with van der Waals surface area (Å²) in [6.07, 6.45) is -0.286. The molecule has 25 heavy (non-hydrogen) atoms. The fraction of sp³-hybridized carbons (Fsp3) is 0.167. The van der Waals surface area contributed by atoms with E-state index < -0.39 is 5.97 Å². The molecule has 2 aromatic carbocycles. The Hall–Kier alpha value is -2.80. The fourth-order valence-corrected chi connectivity index (χ4v) is 2.73. The van der Waals surface area contributed by atoms with Crippen LogP contribution < -0.4 is 10.6 Å². The summed E-state index contributed by atoms with van der Waals surface area (Å²) < 4.78 is 0. The van der Waals surface area contributed by atoms with Crippen molar-refractivity contribution in [3.05, 3.63) is 54.6 Å². The molecule has 0 atom stereocenters. The van der Waals surface area contributed by atoms with Gasteiger partial charge in [-0.05, 0) is 30.3 Å². The Morgan fingerprint density at radius 1 is 0.840 bits per heavy atom. The fourth-order valence-electron chi connectivity index (χ4n) is 1.98. The molecule has 0 bridgehead atoms. The van der Waals surface area contributed by atoms with Crippen LogP contribution in [-0.4, -0.2) is 28.6 Å². The van der Waals surface area contributed by atoms with Crippen molar-refractivity contribution in [1.29, 1.82) is 0 Å². The number of thioether (sulfide) groups is 1. The molecule has 2 aromatic rings. The first-order valence-corrected chi connectivity index (χ1v) is 8.61. The normalized spacial score (nSPS) is 10.1. The summed E-state index contributed by atoms with van der Waals surface area (Å²) in [4.78, 5) is 34.9. The molecule has 0 aliphatic heterocycles. The van der Waals surface area contributed by atoms with Gasteiger partial charge in [0.05, 0.1) is 12.2 Å². The topological polar surface area (TPSA) is 95.5 Å². The second-order valence-corrected chi connectivity index (χ2v) is 6.22. The molecule has 6 nitrogen and oxygen atoms in total. The van der Waals surface area contributed by atoms with Gasteiger partial charge in [-0.2, -0.15) is 0 Å². The first-order valence-electron chi connectivity index (χ1n) is 7.62. The van der Waals surface area contributed by atoms with E-state index >= 15 is 0 Å². The molecular weight excluding hydrogens is 340 g/mol. The van der Waals surface area contributed by atoms with Gasteiger partial charge in [-0.1, -0.05) is 24.3 Å². The third kappa shape index (κ3) is 7.09. The van der Waals surface area contributed by atoms with Crippen molar-refractivity contribution in [2.45, 2.75) is 17.7 Å². The van der Waals surface area contributed by atoms with Crippen LogP contribution in [0.1, 0.15) is 12.8 Å². The molecule has 130 valence electrons. The lowest BCUT2D eigenvalue weighted by Crippen LogP contribution is -2.14. The second kappa shape index (κ2) is 9.48. The number of anilines is 2. The number of hydrogen-bond acceptors (Lipinski definition) is 4. The van der Waals surface area contributed by atoms with Crippen LogP contribution in [0.25, 0.3) is 0 Å². The Labute approximate surface area is 149 Å². The van der Waals surface area contributed by atoms with Crippen molar-refractivity contribution in [3.8, 4) is 0 Å². The molecule has 0 unspecified atom stereocenters. The second-order valence-electron chi connectivity index (χ2n) is 5.17. The van der Waals surface area contributed by atoms with Gasteiger partial charge in [0.1, 0.15) is 0 Å². The van der Waals surface area contributed by atoms with E-state index in [0.717, 1.165) is 10.6 Å². The van der Waals surface area contributed by atoms with Crippen LogP contribution in [0.3, 0.4) is 0 Å². The molecule has 0 radical (unpaired) electrons. The zero-order valence-corrected chi connectivity index (χ0v) is 14.2. The number of rotatable bonds is 8. The Balaban J connectivity index is 1.83. The van der Waals surface area contributed by atoms with E-state index in [-0.39, 0.29) is 30.4 Å². The number of carbonyl (C=O) groups excluding carboxylic acids is 2. The minimum atomic E-state index is -1.01. The molecule has 3 N–H and O–H groups in total. The molecule has 0 fully saturated rings. The number of benzene rings is 2. The third-order valence-corrected chi connectivity index (χ3v) is 4.10. The van der Waals surface area contributed by atoms with E-state index in [9.17, 15) is 14.4 Å². The number of amides is 2. The number of carboxylic acids is 1. The maximum absolute atomic E-state index is 11.9. The first-order chi connectivity index (χ1) is 12.0. The van der Waals surface area contributed by atoms with E-state index in [2.05, 4.69) is 10.6 Å². The highest BCUT2D eigenvalue weighted by Crippen LogP contribution is 2.22. The Morgan fingerprint density at radius 3 is 2.24 bits per heavy atom. The van der Waals surface area contributed by atoms with Crippen LogP contribution in [0.2, 0.25) is 0 Å². The number of carbonyl (C=O) groups is 3. The number of carboxylic acid groups (broad SMARTS) is 1. The molecule has 0 heterocycles. The number of para-hydroxylation sites is 1. The summed E-state index contributed by atoms with van der Waals surface area (Å²) in [5.41, 5.74) is 1.32. The highest BCUT2D eigenvalue weighted by molar-refractivity contribution is 8.00. The lowest BCUT2D eigenvalue weighted by atomic mass is 10.2. The number of aliphatic carboxylic acids is 1. The van der Waals surface area contributed by atoms with Gasteiger partial charge < -0.3 is 15.7 Å². The van der Waals surface area contributed by atoms with Crippen molar-refractivity contribution in [2.75, 3.05) is 16.4 Å². The van der Waals surface area contributed by atoms with Crippen LogP contribution in [0.15, 0.2) is 59.5 Å². The standard InChI is InChI=1S/C18H18N2O4S/c21-16(9-10-18(23)24)20-14-7-4-8-15(11-14)25-12-17(22)19-13-5-2-1-3-6-13/h1-8,11H,9-10,12H2,(H,19,22)(H,20,21)(H,23,24). The van der Waals surface area contributed by atoms with Crippen molar-refractivity contribution >= 4 is 40.9 Å². The summed E-state index contributed by atoms with van der Waals surface area (Å²) in [6.45, 7) is 0. The number of hydrogen-bond donors (Lipinski definition) is 3. The van der Waals surface area contributed by atoms with E-state index in [1.54, 1.807) is 18.2 Å². The van der Waals surface area contributed by atoms with Crippen LogP contribution in [0.5, 0.6) is 0 Å². The van der Waals surface area contributed by atoms with E-state index in [4.69, 9.17) is 5.11 Å². The predicted molar refractivity (Wildman–Crippen MR) is 97.7 cm³/mol. The molecule has 7 heteroatoms.